The monoisotopic (exact) mass is 178 g/mol. The third-order valence-electron chi connectivity index (χ3n) is 2.80. The van der Waals surface area contributed by atoms with Crippen LogP contribution in [0.4, 0.5) is 4.79 Å². The molecule has 0 aromatic carbocycles. The van der Waals surface area contributed by atoms with Gasteiger partial charge in [0.15, 0.2) is 0 Å². The molecule has 0 bridgehead atoms. The van der Waals surface area contributed by atoms with Crippen molar-refractivity contribution in [3.63, 3.8) is 0 Å². The zero-order valence-electron chi connectivity index (χ0n) is 7.16. The Balaban J connectivity index is 1.86. The lowest BCUT2D eigenvalue weighted by Gasteiger charge is -2.55. The summed E-state index contributed by atoms with van der Waals surface area (Å²) in [5.74, 6) is 0. The SMILES string of the molecule is N#CC=C1CC2(C1)CN(C(=O)O)C2. The fourth-order valence-corrected chi connectivity index (χ4v) is 2.23. The van der Waals surface area contributed by atoms with Gasteiger partial charge in [-0.1, -0.05) is 5.57 Å². The summed E-state index contributed by atoms with van der Waals surface area (Å²) in [6.45, 7) is 1.29. The van der Waals surface area contributed by atoms with Gasteiger partial charge >= 0.3 is 6.09 Å². The minimum absolute atomic E-state index is 0.196. The van der Waals surface area contributed by atoms with Gasteiger partial charge in [0.25, 0.3) is 0 Å². The molecule has 1 saturated carbocycles. The third kappa shape index (κ3) is 1.17. The van der Waals surface area contributed by atoms with Crippen LogP contribution in [-0.4, -0.2) is 29.2 Å². The largest absolute Gasteiger partial charge is 0.465 e. The molecule has 68 valence electrons. The number of hydrogen-bond donors (Lipinski definition) is 1. The molecule has 1 amide bonds. The Kier molecular flexibility index (Phi) is 1.56. The van der Waals surface area contributed by atoms with Gasteiger partial charge in [0.05, 0.1) is 6.07 Å². The molecule has 0 aromatic rings. The van der Waals surface area contributed by atoms with Crippen molar-refractivity contribution in [3.05, 3.63) is 11.6 Å². The molecular weight excluding hydrogens is 168 g/mol. The number of rotatable bonds is 0. The van der Waals surface area contributed by atoms with E-state index in [4.69, 9.17) is 10.4 Å². The number of carboxylic acid groups (broad SMARTS) is 1. The highest BCUT2D eigenvalue weighted by Crippen LogP contribution is 2.51. The van der Waals surface area contributed by atoms with Crippen molar-refractivity contribution in [3.8, 4) is 6.07 Å². The van der Waals surface area contributed by atoms with Crippen molar-refractivity contribution in [2.75, 3.05) is 13.1 Å². The Bertz CT molecular complexity index is 311. The van der Waals surface area contributed by atoms with Gasteiger partial charge in [-0.2, -0.15) is 5.26 Å². The molecule has 0 atom stereocenters. The van der Waals surface area contributed by atoms with Crippen molar-refractivity contribution in [1.82, 2.24) is 4.90 Å². The zero-order chi connectivity index (χ0) is 9.47. The fourth-order valence-electron chi connectivity index (χ4n) is 2.23. The maximum atomic E-state index is 10.5. The summed E-state index contributed by atoms with van der Waals surface area (Å²) in [7, 11) is 0. The highest BCUT2D eigenvalue weighted by atomic mass is 16.4. The molecular formula is C9H10N2O2. The van der Waals surface area contributed by atoms with Crippen LogP contribution in [-0.2, 0) is 0 Å². The van der Waals surface area contributed by atoms with Crippen LogP contribution in [0, 0.1) is 16.7 Å². The minimum atomic E-state index is -0.830. The van der Waals surface area contributed by atoms with Crippen LogP contribution in [0.3, 0.4) is 0 Å². The highest BCUT2D eigenvalue weighted by Gasteiger charge is 2.51. The van der Waals surface area contributed by atoms with Gasteiger partial charge < -0.3 is 10.0 Å². The molecule has 1 aliphatic heterocycles. The Morgan fingerprint density at radius 3 is 2.69 bits per heavy atom. The molecule has 2 fully saturated rings. The smallest absolute Gasteiger partial charge is 0.407 e. The first kappa shape index (κ1) is 8.11. The van der Waals surface area contributed by atoms with E-state index < -0.39 is 6.09 Å². The molecule has 1 N–H and O–H groups in total. The van der Waals surface area contributed by atoms with E-state index in [1.807, 2.05) is 6.07 Å². The van der Waals surface area contributed by atoms with Gasteiger partial charge in [0.2, 0.25) is 0 Å². The van der Waals surface area contributed by atoms with Crippen LogP contribution >= 0.6 is 0 Å². The summed E-state index contributed by atoms with van der Waals surface area (Å²) in [4.78, 5) is 11.9. The lowest BCUT2D eigenvalue weighted by Crippen LogP contribution is -2.61. The van der Waals surface area contributed by atoms with E-state index in [1.54, 1.807) is 6.08 Å². The van der Waals surface area contributed by atoms with Crippen LogP contribution < -0.4 is 0 Å². The molecule has 2 aliphatic rings. The van der Waals surface area contributed by atoms with E-state index in [1.165, 1.54) is 4.90 Å². The van der Waals surface area contributed by atoms with Crippen LogP contribution in [0.25, 0.3) is 0 Å². The summed E-state index contributed by atoms with van der Waals surface area (Å²) < 4.78 is 0. The number of hydrogen-bond acceptors (Lipinski definition) is 2. The maximum Gasteiger partial charge on any atom is 0.407 e. The van der Waals surface area contributed by atoms with E-state index in [0.29, 0.717) is 13.1 Å². The first-order chi connectivity index (χ1) is 6.15. The standard InChI is InChI=1S/C9H10N2O2/c10-2-1-7-3-9(4-7)5-11(6-9)8(12)13/h1H,3-6H2,(H,12,13). The van der Waals surface area contributed by atoms with Crippen molar-refractivity contribution in [2.24, 2.45) is 5.41 Å². The molecule has 4 heteroatoms. The summed E-state index contributed by atoms with van der Waals surface area (Å²) in [5.41, 5.74) is 1.36. The molecule has 0 radical (unpaired) electrons. The van der Waals surface area contributed by atoms with E-state index in [0.717, 1.165) is 18.4 Å². The van der Waals surface area contributed by atoms with Gasteiger partial charge in [-0.25, -0.2) is 4.79 Å². The topological polar surface area (TPSA) is 64.3 Å². The van der Waals surface area contributed by atoms with Crippen LogP contribution in [0.2, 0.25) is 0 Å². The van der Waals surface area contributed by atoms with Crippen molar-refractivity contribution >= 4 is 6.09 Å². The van der Waals surface area contributed by atoms with Crippen LogP contribution in [0.1, 0.15) is 12.8 Å². The fraction of sp³-hybridized carbons (Fsp3) is 0.556. The second-order valence-electron chi connectivity index (χ2n) is 3.92. The Morgan fingerprint density at radius 1 is 1.62 bits per heavy atom. The van der Waals surface area contributed by atoms with E-state index >= 15 is 0 Å². The Hall–Kier alpha value is -1.50. The van der Waals surface area contributed by atoms with Crippen molar-refractivity contribution in [1.29, 1.82) is 5.26 Å². The van der Waals surface area contributed by atoms with E-state index in [2.05, 4.69) is 0 Å². The molecule has 13 heavy (non-hydrogen) atoms. The molecule has 2 rings (SSSR count). The number of nitriles is 1. The quantitative estimate of drug-likeness (QED) is 0.567. The van der Waals surface area contributed by atoms with Gasteiger partial charge in [-0.15, -0.1) is 0 Å². The van der Waals surface area contributed by atoms with Crippen molar-refractivity contribution < 1.29 is 9.90 Å². The molecule has 1 saturated heterocycles. The van der Waals surface area contributed by atoms with Crippen molar-refractivity contribution in [2.45, 2.75) is 12.8 Å². The number of nitrogens with zero attached hydrogens (tertiary/aromatic N) is 2. The number of carbonyl (C=O) groups is 1. The minimum Gasteiger partial charge on any atom is -0.465 e. The zero-order valence-corrected chi connectivity index (χ0v) is 7.16. The second-order valence-corrected chi connectivity index (χ2v) is 3.92. The molecule has 4 nitrogen and oxygen atoms in total. The van der Waals surface area contributed by atoms with E-state index in [-0.39, 0.29) is 5.41 Å². The molecule has 1 heterocycles. The molecule has 0 unspecified atom stereocenters. The van der Waals surface area contributed by atoms with Gasteiger partial charge in [-0.05, 0) is 12.8 Å². The lowest BCUT2D eigenvalue weighted by molar-refractivity contribution is -0.0168. The summed E-state index contributed by atoms with van der Waals surface area (Å²) in [5, 5.41) is 17.0. The molecule has 1 aliphatic carbocycles. The van der Waals surface area contributed by atoms with Crippen LogP contribution in [0.15, 0.2) is 11.6 Å². The Labute approximate surface area is 76.1 Å². The summed E-state index contributed by atoms with van der Waals surface area (Å²) in [6, 6.07) is 2.00. The predicted molar refractivity (Wildman–Crippen MR) is 45.0 cm³/mol. The average molecular weight is 178 g/mol. The number of amides is 1. The van der Waals surface area contributed by atoms with Gasteiger partial charge in [0.1, 0.15) is 0 Å². The Morgan fingerprint density at radius 2 is 2.23 bits per heavy atom. The first-order valence-corrected chi connectivity index (χ1v) is 4.21. The van der Waals surface area contributed by atoms with Gasteiger partial charge in [0, 0.05) is 24.6 Å². The first-order valence-electron chi connectivity index (χ1n) is 4.21. The summed E-state index contributed by atoms with van der Waals surface area (Å²) >= 11 is 0. The van der Waals surface area contributed by atoms with Gasteiger partial charge in [-0.3, -0.25) is 0 Å². The number of allylic oxidation sites excluding steroid dienone is 2. The molecule has 0 aromatic heterocycles. The highest BCUT2D eigenvalue weighted by molar-refractivity contribution is 5.66. The maximum absolute atomic E-state index is 10.5. The average Bonchev–Trinajstić information content (AvgIpc) is 1.90. The third-order valence-corrected chi connectivity index (χ3v) is 2.80. The van der Waals surface area contributed by atoms with Crippen LogP contribution in [0.5, 0.6) is 0 Å². The predicted octanol–water partition coefficient (Wildman–Crippen LogP) is 1.21. The molecule has 1 spiro atoms. The number of likely N-dealkylation sites (tertiary alicyclic amines) is 1. The van der Waals surface area contributed by atoms with E-state index in [9.17, 15) is 4.79 Å². The lowest BCUT2D eigenvalue weighted by atomic mass is 9.61. The summed E-state index contributed by atoms with van der Waals surface area (Å²) in [6.07, 6.45) is 2.56. The second kappa shape index (κ2) is 2.49. The normalized spacial score (nSPS) is 23.0.